The van der Waals surface area contributed by atoms with Crippen LogP contribution in [0.15, 0.2) is 147 Å². The molecule has 0 heteroatoms. The molecule has 0 saturated heterocycles. The lowest BCUT2D eigenvalue weighted by Crippen LogP contribution is -2.11. The Hall–Kier alpha value is -5.46. The molecular formula is C47H48. The van der Waals surface area contributed by atoms with E-state index in [0.29, 0.717) is 0 Å². The third-order valence-corrected chi connectivity index (χ3v) is 8.05. The zero-order chi connectivity index (χ0) is 34.5. The van der Waals surface area contributed by atoms with Gasteiger partial charge in [0.05, 0.1) is 0 Å². The van der Waals surface area contributed by atoms with Crippen LogP contribution < -0.4 is 10.4 Å². The van der Waals surface area contributed by atoms with Crippen LogP contribution in [0.25, 0.3) is 54.2 Å². The fourth-order valence-corrected chi connectivity index (χ4v) is 5.32. The number of benzene rings is 1. The highest BCUT2D eigenvalue weighted by atomic mass is 14.2. The van der Waals surface area contributed by atoms with Crippen molar-refractivity contribution in [3.63, 3.8) is 0 Å². The summed E-state index contributed by atoms with van der Waals surface area (Å²) in [4.78, 5) is 0. The number of hydrogen-bond acceptors (Lipinski definition) is 0. The lowest BCUT2D eigenvalue weighted by Gasteiger charge is -2.14. The second kappa shape index (κ2) is 17.3. The van der Waals surface area contributed by atoms with Crippen LogP contribution in [-0.2, 0) is 0 Å². The number of rotatable bonds is 11. The molecule has 0 radical (unpaired) electrons. The van der Waals surface area contributed by atoms with Crippen molar-refractivity contribution >= 4 is 54.2 Å². The smallest absolute Gasteiger partial charge is 0.00446 e. The molecule has 0 bridgehead atoms. The molecule has 1 atom stereocenters. The third-order valence-electron chi connectivity index (χ3n) is 8.05. The van der Waals surface area contributed by atoms with Crippen LogP contribution in [0.1, 0.15) is 66.6 Å². The van der Waals surface area contributed by atoms with Crippen LogP contribution in [0, 0.1) is 5.92 Å². The Balaban J connectivity index is 2.30. The van der Waals surface area contributed by atoms with E-state index in [1.54, 1.807) is 6.08 Å². The molecule has 236 valence electrons. The van der Waals surface area contributed by atoms with Crippen molar-refractivity contribution in [2.24, 2.45) is 5.92 Å². The van der Waals surface area contributed by atoms with Crippen LogP contribution in [0.3, 0.4) is 0 Å². The molecule has 0 amide bonds. The number of allylic oxidation sites excluding steroid dienone is 15. The van der Waals surface area contributed by atoms with Gasteiger partial charge >= 0.3 is 0 Å². The maximum atomic E-state index is 4.53. The Bertz CT molecular complexity index is 1970. The van der Waals surface area contributed by atoms with Gasteiger partial charge in [-0.3, -0.25) is 0 Å². The Labute approximate surface area is 283 Å². The van der Waals surface area contributed by atoms with Gasteiger partial charge in [-0.05, 0) is 110 Å². The summed E-state index contributed by atoms with van der Waals surface area (Å²) in [5.41, 5.74) is 12.3. The minimum atomic E-state index is 0.252. The summed E-state index contributed by atoms with van der Waals surface area (Å²) in [6.45, 7) is 38.1. The van der Waals surface area contributed by atoms with E-state index in [2.05, 4.69) is 134 Å². The van der Waals surface area contributed by atoms with Gasteiger partial charge in [-0.1, -0.05) is 174 Å². The summed E-state index contributed by atoms with van der Waals surface area (Å²) < 4.78 is 0. The van der Waals surface area contributed by atoms with Crippen molar-refractivity contribution in [1.29, 1.82) is 0 Å². The second-order valence-electron chi connectivity index (χ2n) is 11.7. The summed E-state index contributed by atoms with van der Waals surface area (Å²) in [7, 11) is 0. The van der Waals surface area contributed by atoms with E-state index in [0.717, 1.165) is 77.2 Å². The van der Waals surface area contributed by atoms with Gasteiger partial charge in [0.2, 0.25) is 0 Å². The van der Waals surface area contributed by atoms with Crippen LogP contribution in [0.2, 0.25) is 0 Å². The van der Waals surface area contributed by atoms with E-state index in [4.69, 9.17) is 0 Å². The predicted molar refractivity (Wildman–Crippen MR) is 216 cm³/mol. The van der Waals surface area contributed by atoms with Gasteiger partial charge in [0.15, 0.2) is 0 Å². The quantitative estimate of drug-likeness (QED) is 0.221. The average molecular weight is 613 g/mol. The third kappa shape index (κ3) is 9.52. The Morgan fingerprint density at radius 2 is 1.32 bits per heavy atom. The second-order valence-corrected chi connectivity index (χ2v) is 11.7. The molecular weight excluding hydrogens is 565 g/mol. The minimum absolute atomic E-state index is 0.252. The van der Waals surface area contributed by atoms with Gasteiger partial charge in [0.25, 0.3) is 0 Å². The van der Waals surface area contributed by atoms with Crippen molar-refractivity contribution in [3.8, 4) is 0 Å². The molecule has 0 heterocycles. The highest BCUT2D eigenvalue weighted by Gasteiger charge is 2.13. The van der Waals surface area contributed by atoms with Gasteiger partial charge in [-0.15, -0.1) is 0 Å². The van der Waals surface area contributed by atoms with Crippen molar-refractivity contribution < 1.29 is 0 Å². The van der Waals surface area contributed by atoms with E-state index >= 15 is 0 Å². The zero-order valence-corrected chi connectivity index (χ0v) is 28.7. The van der Waals surface area contributed by atoms with Gasteiger partial charge < -0.3 is 0 Å². The Morgan fingerprint density at radius 3 is 1.94 bits per heavy atom. The number of hydrogen-bond donors (Lipinski definition) is 0. The number of fused-ring (bicyclic) bond motifs is 1. The predicted octanol–water partition coefficient (Wildman–Crippen LogP) is 11.9. The highest BCUT2D eigenvalue weighted by molar-refractivity contribution is 5.87. The molecule has 1 aliphatic carbocycles. The first-order chi connectivity index (χ1) is 22.5. The highest BCUT2D eigenvalue weighted by Crippen LogP contribution is 2.29. The first-order valence-electron chi connectivity index (χ1n) is 15.9. The van der Waals surface area contributed by atoms with E-state index in [1.807, 2.05) is 61.6 Å². The molecule has 2 aromatic rings. The van der Waals surface area contributed by atoms with Crippen molar-refractivity contribution in [2.45, 2.75) is 27.7 Å². The van der Waals surface area contributed by atoms with Gasteiger partial charge in [0, 0.05) is 0 Å². The summed E-state index contributed by atoms with van der Waals surface area (Å²) in [6, 6.07) is 14.6. The van der Waals surface area contributed by atoms with E-state index < -0.39 is 0 Å². The van der Waals surface area contributed by atoms with Crippen LogP contribution in [0.5, 0.6) is 0 Å². The van der Waals surface area contributed by atoms with Crippen LogP contribution in [-0.4, -0.2) is 0 Å². The largest absolute Gasteiger partial charge is 0.0991 e. The lowest BCUT2D eigenvalue weighted by atomic mass is 9.90. The van der Waals surface area contributed by atoms with E-state index in [-0.39, 0.29) is 5.92 Å². The maximum Gasteiger partial charge on any atom is -0.00446 e. The topological polar surface area (TPSA) is 0 Å². The first-order valence-corrected chi connectivity index (χ1v) is 15.9. The molecule has 0 fully saturated rings. The van der Waals surface area contributed by atoms with Gasteiger partial charge in [-0.2, -0.15) is 0 Å². The van der Waals surface area contributed by atoms with Crippen LogP contribution >= 0.6 is 0 Å². The first kappa shape index (κ1) is 36.0. The minimum Gasteiger partial charge on any atom is -0.0991 e. The van der Waals surface area contributed by atoms with Crippen LogP contribution in [0.4, 0.5) is 0 Å². The van der Waals surface area contributed by atoms with Crippen molar-refractivity contribution in [2.75, 3.05) is 0 Å². The molecule has 0 aliphatic heterocycles. The monoisotopic (exact) mass is 612 g/mol. The summed E-state index contributed by atoms with van der Waals surface area (Å²) in [5, 5.41) is 1.79. The average Bonchev–Trinajstić information content (AvgIpc) is 3.24. The zero-order valence-electron chi connectivity index (χ0n) is 28.7. The van der Waals surface area contributed by atoms with Gasteiger partial charge in [-0.25, -0.2) is 0 Å². The Kier molecular flexibility index (Phi) is 13.3. The fraction of sp³-hybridized carbons (Fsp3) is 0.106. The van der Waals surface area contributed by atoms with E-state index in [9.17, 15) is 0 Å². The molecule has 0 nitrogen and oxygen atoms in total. The molecule has 0 saturated carbocycles. The van der Waals surface area contributed by atoms with Gasteiger partial charge in [0.1, 0.15) is 0 Å². The summed E-state index contributed by atoms with van der Waals surface area (Å²) in [6.07, 6.45) is 28.7. The molecule has 2 aromatic carbocycles. The van der Waals surface area contributed by atoms with Crippen molar-refractivity contribution in [3.05, 3.63) is 197 Å². The summed E-state index contributed by atoms with van der Waals surface area (Å²) >= 11 is 0. The molecule has 47 heavy (non-hydrogen) atoms. The molecule has 0 spiro atoms. The maximum absolute atomic E-state index is 4.53. The SMILES string of the molecule is C=C/C=C\C(=C)C(=C)/C=C\C(=C)c1c2c(c(/C(C)=C/C=C(\C)c3ccc(/C=C\C)c(C=C)c3)c(=C)ccccc1=C)C=CC(C)C=C2. The standard InChI is InChI=1S/C47H48/c1-12-15-19-34(5)35(6)24-26-39(10)46-37(8)20-16-17-21-38(9)47(45-31-23-33(4)22-30-44(45)46)40(11)27-25-36(7)43-29-28-42(18-13-2)41(14-3)32-43/h12-33H,1,3,5-6,8-10H2,2,4,7,11H3/b18-13-,19-15-,20-16?,21-17?,26-24-,36-25+,40-27+,46-44?,47-45?. The van der Waals surface area contributed by atoms with E-state index in [1.165, 1.54) is 0 Å². The molecule has 0 N–H and O–H groups in total. The fourth-order valence-electron chi connectivity index (χ4n) is 5.32. The van der Waals surface area contributed by atoms with Crippen molar-refractivity contribution in [1.82, 2.24) is 0 Å². The lowest BCUT2D eigenvalue weighted by molar-refractivity contribution is 0.954. The summed E-state index contributed by atoms with van der Waals surface area (Å²) in [5.74, 6) is 0.252. The molecule has 1 unspecified atom stereocenters. The molecule has 0 aromatic heterocycles. The molecule has 1 aliphatic rings. The normalized spacial score (nSPS) is 14.6. The molecule has 3 rings (SSSR count). The Morgan fingerprint density at radius 1 is 0.723 bits per heavy atom.